The highest BCUT2D eigenvalue weighted by molar-refractivity contribution is 5.99. The molecule has 142 valence electrons. The van der Waals surface area contributed by atoms with E-state index in [2.05, 4.69) is 0 Å². The maximum Gasteiger partial charge on any atom is 0.246 e. The number of hydrogen-bond acceptors (Lipinski definition) is 4. The van der Waals surface area contributed by atoms with Gasteiger partial charge in [0.05, 0.1) is 12.6 Å². The summed E-state index contributed by atoms with van der Waals surface area (Å²) < 4.78 is 0. The van der Waals surface area contributed by atoms with E-state index in [9.17, 15) is 14.4 Å². The van der Waals surface area contributed by atoms with Gasteiger partial charge in [-0.05, 0) is 30.7 Å². The third-order valence-corrected chi connectivity index (χ3v) is 5.15. The first kappa shape index (κ1) is 20.3. The lowest BCUT2D eigenvalue weighted by atomic mass is 9.84. The second-order valence-electron chi connectivity index (χ2n) is 7.19. The molecule has 0 spiro atoms. The van der Waals surface area contributed by atoms with E-state index >= 15 is 0 Å². The van der Waals surface area contributed by atoms with Gasteiger partial charge in [-0.3, -0.25) is 14.5 Å². The normalized spacial score (nSPS) is 16.0. The molecule has 1 saturated carbocycles. The molecule has 26 heavy (non-hydrogen) atoms. The Bertz CT molecular complexity index is 582. The van der Waals surface area contributed by atoms with Gasteiger partial charge in [-0.2, -0.15) is 0 Å². The Morgan fingerprint density at radius 1 is 1.15 bits per heavy atom. The summed E-state index contributed by atoms with van der Waals surface area (Å²) in [5, 5.41) is 0. The van der Waals surface area contributed by atoms with Gasteiger partial charge in [0, 0.05) is 6.42 Å². The Morgan fingerprint density at radius 2 is 1.85 bits per heavy atom. The van der Waals surface area contributed by atoms with Crippen LogP contribution in [0.4, 0.5) is 0 Å². The molecule has 1 atom stereocenters. The van der Waals surface area contributed by atoms with E-state index in [1.807, 2.05) is 30.3 Å². The fourth-order valence-corrected chi connectivity index (χ4v) is 3.70. The highest BCUT2D eigenvalue weighted by Crippen LogP contribution is 2.27. The van der Waals surface area contributed by atoms with Gasteiger partial charge in [0.1, 0.15) is 6.29 Å². The molecule has 2 N–H and O–H groups in total. The summed E-state index contributed by atoms with van der Waals surface area (Å²) in [6.07, 6.45) is 8.66. The summed E-state index contributed by atoms with van der Waals surface area (Å²) in [6, 6.07) is 9.20. The number of hydrogen-bond donors (Lipinski definition) is 1. The molecule has 0 aromatic heterocycles. The SMILES string of the molecule is N[C@@H](CC1CCCCC1)C(=O)N(CC=O)C(=O)CCCc1ccccc1. The van der Waals surface area contributed by atoms with Gasteiger partial charge >= 0.3 is 0 Å². The standard InChI is InChI=1S/C21H30N2O3/c22-19(16-18-10-5-2-6-11-18)21(26)23(14-15-24)20(25)13-7-12-17-8-3-1-4-9-17/h1,3-4,8-9,15,18-19H,2,5-7,10-14,16,22H2/t19-/m0/s1. The van der Waals surface area contributed by atoms with Gasteiger partial charge in [0.25, 0.3) is 0 Å². The van der Waals surface area contributed by atoms with Crippen LogP contribution >= 0.6 is 0 Å². The van der Waals surface area contributed by atoms with Crippen molar-refractivity contribution in [1.29, 1.82) is 0 Å². The molecule has 0 radical (unpaired) electrons. The predicted molar refractivity (Wildman–Crippen MR) is 101 cm³/mol. The second-order valence-corrected chi connectivity index (χ2v) is 7.19. The third kappa shape index (κ3) is 6.37. The van der Waals surface area contributed by atoms with E-state index in [0.717, 1.165) is 29.7 Å². The van der Waals surface area contributed by atoms with Gasteiger partial charge in [0.2, 0.25) is 11.8 Å². The van der Waals surface area contributed by atoms with Crippen molar-refractivity contribution in [3.05, 3.63) is 35.9 Å². The average molecular weight is 358 g/mol. The number of benzene rings is 1. The van der Waals surface area contributed by atoms with Crippen LogP contribution in [0.3, 0.4) is 0 Å². The minimum atomic E-state index is -0.698. The molecule has 0 bridgehead atoms. The van der Waals surface area contributed by atoms with E-state index in [1.54, 1.807) is 0 Å². The van der Waals surface area contributed by atoms with Crippen LogP contribution in [-0.4, -0.2) is 35.6 Å². The first-order chi connectivity index (χ1) is 12.6. The number of aldehydes is 1. The van der Waals surface area contributed by atoms with Crippen molar-refractivity contribution in [3.63, 3.8) is 0 Å². The molecule has 0 unspecified atom stereocenters. The molecular weight excluding hydrogens is 328 g/mol. The van der Waals surface area contributed by atoms with Crippen molar-refractivity contribution in [2.75, 3.05) is 6.54 Å². The predicted octanol–water partition coefficient (Wildman–Crippen LogP) is 2.86. The quantitative estimate of drug-likeness (QED) is 0.688. The molecule has 0 heterocycles. The van der Waals surface area contributed by atoms with Gasteiger partial charge in [-0.15, -0.1) is 0 Å². The summed E-state index contributed by atoms with van der Waals surface area (Å²) in [7, 11) is 0. The largest absolute Gasteiger partial charge is 0.320 e. The van der Waals surface area contributed by atoms with Crippen LogP contribution in [0, 0.1) is 5.92 Å². The molecule has 0 aliphatic heterocycles. The van der Waals surface area contributed by atoms with Crippen molar-refractivity contribution in [2.24, 2.45) is 11.7 Å². The molecule has 1 fully saturated rings. The van der Waals surface area contributed by atoms with Gasteiger partial charge < -0.3 is 10.5 Å². The zero-order valence-electron chi connectivity index (χ0n) is 15.4. The second kappa shape index (κ2) is 10.9. The van der Waals surface area contributed by atoms with Gasteiger partial charge in [0.15, 0.2) is 0 Å². The highest BCUT2D eigenvalue weighted by atomic mass is 16.2. The Morgan fingerprint density at radius 3 is 2.50 bits per heavy atom. The van der Waals surface area contributed by atoms with Crippen LogP contribution in [0.25, 0.3) is 0 Å². The zero-order chi connectivity index (χ0) is 18.8. The summed E-state index contributed by atoms with van der Waals surface area (Å²) in [5.74, 6) is -0.265. The van der Waals surface area contributed by atoms with Crippen LogP contribution < -0.4 is 5.73 Å². The molecular formula is C21H30N2O3. The fraction of sp³-hybridized carbons (Fsp3) is 0.571. The topological polar surface area (TPSA) is 80.5 Å². The van der Waals surface area contributed by atoms with Crippen LogP contribution in [0.2, 0.25) is 0 Å². The van der Waals surface area contributed by atoms with Crippen molar-refractivity contribution in [3.8, 4) is 0 Å². The number of rotatable bonds is 9. The zero-order valence-corrected chi connectivity index (χ0v) is 15.4. The maximum absolute atomic E-state index is 12.6. The summed E-state index contributed by atoms with van der Waals surface area (Å²) in [4.78, 5) is 37.0. The molecule has 5 nitrogen and oxygen atoms in total. The molecule has 2 rings (SSSR count). The average Bonchev–Trinajstić information content (AvgIpc) is 2.67. The van der Waals surface area contributed by atoms with Crippen LogP contribution in [0.15, 0.2) is 30.3 Å². The number of nitrogens with two attached hydrogens (primary N) is 1. The minimum Gasteiger partial charge on any atom is -0.320 e. The smallest absolute Gasteiger partial charge is 0.246 e. The van der Waals surface area contributed by atoms with Crippen LogP contribution in [0.5, 0.6) is 0 Å². The Labute approximate surface area is 155 Å². The first-order valence-electron chi connectivity index (χ1n) is 9.69. The lowest BCUT2D eigenvalue weighted by Gasteiger charge is -2.27. The van der Waals surface area contributed by atoms with E-state index in [0.29, 0.717) is 25.0 Å². The van der Waals surface area contributed by atoms with Crippen molar-refractivity contribution < 1.29 is 14.4 Å². The number of imide groups is 1. The van der Waals surface area contributed by atoms with Crippen LogP contribution in [0.1, 0.15) is 56.9 Å². The molecule has 0 saturated heterocycles. The monoisotopic (exact) mass is 358 g/mol. The van der Waals surface area contributed by atoms with Gasteiger partial charge in [-0.1, -0.05) is 62.4 Å². The van der Waals surface area contributed by atoms with Crippen molar-refractivity contribution >= 4 is 18.1 Å². The number of carbonyl (C=O) groups is 3. The molecule has 2 amide bonds. The Balaban J connectivity index is 1.85. The van der Waals surface area contributed by atoms with E-state index < -0.39 is 11.9 Å². The Kier molecular flexibility index (Phi) is 8.48. The number of carbonyl (C=O) groups excluding carboxylic acids is 3. The van der Waals surface area contributed by atoms with E-state index in [1.165, 1.54) is 19.3 Å². The van der Waals surface area contributed by atoms with Crippen molar-refractivity contribution in [2.45, 2.75) is 63.8 Å². The summed E-state index contributed by atoms with van der Waals surface area (Å²) >= 11 is 0. The molecule has 5 heteroatoms. The molecule has 1 aliphatic carbocycles. The fourth-order valence-electron chi connectivity index (χ4n) is 3.70. The Hall–Kier alpha value is -2.01. The van der Waals surface area contributed by atoms with E-state index in [4.69, 9.17) is 5.73 Å². The lowest BCUT2D eigenvalue weighted by molar-refractivity contribution is -0.147. The third-order valence-electron chi connectivity index (χ3n) is 5.15. The highest BCUT2D eigenvalue weighted by Gasteiger charge is 2.28. The number of aryl methyl sites for hydroxylation is 1. The van der Waals surface area contributed by atoms with Gasteiger partial charge in [-0.25, -0.2) is 0 Å². The molecule has 1 aliphatic rings. The molecule has 1 aromatic rings. The number of nitrogens with zero attached hydrogens (tertiary/aromatic N) is 1. The first-order valence-corrected chi connectivity index (χ1v) is 9.69. The maximum atomic E-state index is 12.6. The molecule has 1 aromatic carbocycles. The van der Waals surface area contributed by atoms with E-state index in [-0.39, 0.29) is 18.9 Å². The van der Waals surface area contributed by atoms with Crippen molar-refractivity contribution in [1.82, 2.24) is 4.90 Å². The van der Waals surface area contributed by atoms with Crippen LogP contribution in [-0.2, 0) is 20.8 Å². The summed E-state index contributed by atoms with van der Waals surface area (Å²) in [6.45, 7) is -0.207. The lowest BCUT2D eigenvalue weighted by Crippen LogP contribution is -2.48. The number of amides is 2. The summed E-state index contributed by atoms with van der Waals surface area (Å²) in [5.41, 5.74) is 7.23. The minimum absolute atomic E-state index is 0.207.